The van der Waals surface area contributed by atoms with Gasteiger partial charge in [0.1, 0.15) is 0 Å². The van der Waals surface area contributed by atoms with Crippen molar-refractivity contribution >= 4 is 10.0 Å². The van der Waals surface area contributed by atoms with Crippen LogP contribution < -0.4 is 0 Å². The summed E-state index contributed by atoms with van der Waals surface area (Å²) in [5.74, 6) is 0. The van der Waals surface area contributed by atoms with E-state index in [-0.39, 0.29) is 12.1 Å². The lowest BCUT2D eigenvalue weighted by molar-refractivity contribution is 0.342. The highest BCUT2D eigenvalue weighted by Gasteiger charge is 2.44. The quantitative estimate of drug-likeness (QED) is 0.850. The summed E-state index contributed by atoms with van der Waals surface area (Å²) in [7, 11) is -3.45. The van der Waals surface area contributed by atoms with E-state index in [1.165, 1.54) is 0 Å². The maximum Gasteiger partial charge on any atom is 0.243 e. The summed E-state index contributed by atoms with van der Waals surface area (Å²) in [5, 5.41) is 0. The second kappa shape index (κ2) is 5.67. The van der Waals surface area contributed by atoms with Crippen LogP contribution in [0.1, 0.15) is 38.2 Å². The predicted molar refractivity (Wildman–Crippen MR) is 89.1 cm³/mol. The summed E-state index contributed by atoms with van der Waals surface area (Å²) >= 11 is 0. The first-order valence-corrected chi connectivity index (χ1v) is 9.31. The number of rotatable bonds is 3. The van der Waals surface area contributed by atoms with Crippen molar-refractivity contribution in [2.75, 3.05) is 0 Å². The molecule has 2 bridgehead atoms. The maximum atomic E-state index is 13.1. The zero-order chi connectivity index (χ0) is 15.9. The number of allylic oxidation sites excluding steroid dienone is 1. The monoisotopic (exact) mass is 317 g/mol. The zero-order valence-corrected chi connectivity index (χ0v) is 14.1. The summed E-state index contributed by atoms with van der Waals surface area (Å²) < 4.78 is 28.1. The number of benzene rings is 1. The Morgan fingerprint density at radius 2 is 1.86 bits per heavy atom. The third-order valence-corrected chi connectivity index (χ3v) is 6.73. The van der Waals surface area contributed by atoms with E-state index in [4.69, 9.17) is 0 Å². The lowest BCUT2D eigenvalue weighted by Gasteiger charge is -2.29. The first kappa shape index (κ1) is 15.5. The minimum Gasteiger partial charge on any atom is -0.207 e. The van der Waals surface area contributed by atoms with E-state index in [1.54, 1.807) is 16.4 Å². The van der Waals surface area contributed by atoms with Crippen molar-refractivity contribution in [2.45, 2.75) is 56.5 Å². The lowest BCUT2D eigenvalue weighted by atomic mass is 9.96. The maximum absolute atomic E-state index is 13.1. The van der Waals surface area contributed by atoms with Crippen LogP contribution in [0.15, 0.2) is 53.0 Å². The third kappa shape index (κ3) is 2.55. The molecule has 1 aromatic carbocycles. The Morgan fingerprint density at radius 1 is 1.18 bits per heavy atom. The molecule has 0 spiro atoms. The molecule has 0 aromatic heterocycles. The molecule has 1 saturated heterocycles. The summed E-state index contributed by atoms with van der Waals surface area (Å²) in [4.78, 5) is 0.401. The summed E-state index contributed by atoms with van der Waals surface area (Å²) in [6.45, 7) is 7.99. The van der Waals surface area contributed by atoms with Crippen LogP contribution in [0.25, 0.3) is 0 Å². The molecule has 2 aliphatic heterocycles. The van der Waals surface area contributed by atoms with Crippen molar-refractivity contribution in [1.29, 1.82) is 0 Å². The number of hydrogen-bond donors (Lipinski definition) is 0. The van der Waals surface area contributed by atoms with Crippen molar-refractivity contribution in [3.63, 3.8) is 0 Å². The van der Waals surface area contributed by atoms with Crippen LogP contribution in [0.4, 0.5) is 0 Å². The summed E-state index contributed by atoms with van der Waals surface area (Å²) in [6.07, 6.45) is 5.86. The molecule has 1 fully saturated rings. The van der Waals surface area contributed by atoms with Crippen molar-refractivity contribution in [3.8, 4) is 0 Å². The molecule has 0 N–H and O–H groups in total. The Kier molecular flexibility index (Phi) is 4.00. The molecule has 3 nitrogen and oxygen atoms in total. The normalized spacial score (nSPS) is 25.6. The van der Waals surface area contributed by atoms with Gasteiger partial charge in [-0.15, -0.1) is 0 Å². The molecule has 0 saturated carbocycles. The highest BCUT2D eigenvalue weighted by Crippen LogP contribution is 2.40. The van der Waals surface area contributed by atoms with Gasteiger partial charge in [-0.05, 0) is 57.2 Å². The highest BCUT2D eigenvalue weighted by atomic mass is 32.2. The molecule has 0 aliphatic carbocycles. The largest absolute Gasteiger partial charge is 0.243 e. The highest BCUT2D eigenvalue weighted by molar-refractivity contribution is 7.89. The second-order valence-electron chi connectivity index (χ2n) is 6.41. The molecular formula is C18H23NO2S. The van der Waals surface area contributed by atoms with Gasteiger partial charge >= 0.3 is 0 Å². The van der Waals surface area contributed by atoms with Gasteiger partial charge in [-0.25, -0.2) is 8.42 Å². The smallest absolute Gasteiger partial charge is 0.207 e. The van der Waals surface area contributed by atoms with Gasteiger partial charge in [0.25, 0.3) is 0 Å². The van der Waals surface area contributed by atoms with E-state index in [1.807, 2.05) is 26.0 Å². The van der Waals surface area contributed by atoms with E-state index < -0.39 is 10.0 Å². The Labute approximate surface area is 133 Å². The molecule has 0 radical (unpaired) electrons. The molecule has 118 valence electrons. The average Bonchev–Trinajstić information content (AvgIpc) is 2.75. The van der Waals surface area contributed by atoms with Crippen LogP contribution in [0.3, 0.4) is 0 Å². The Morgan fingerprint density at radius 3 is 2.50 bits per heavy atom. The van der Waals surface area contributed by atoms with E-state index >= 15 is 0 Å². The molecule has 4 heteroatoms. The zero-order valence-electron chi connectivity index (χ0n) is 13.2. The molecule has 2 heterocycles. The van der Waals surface area contributed by atoms with Crippen LogP contribution in [0, 0.1) is 6.92 Å². The molecule has 0 amide bonds. The fourth-order valence-corrected chi connectivity index (χ4v) is 5.53. The lowest BCUT2D eigenvalue weighted by Crippen LogP contribution is -2.41. The van der Waals surface area contributed by atoms with Crippen LogP contribution in [-0.2, 0) is 10.0 Å². The van der Waals surface area contributed by atoms with Crippen LogP contribution in [-0.4, -0.2) is 24.8 Å². The van der Waals surface area contributed by atoms with Crippen molar-refractivity contribution in [3.05, 3.63) is 53.6 Å². The molecule has 3 rings (SSSR count). The van der Waals surface area contributed by atoms with E-state index in [0.717, 1.165) is 42.4 Å². The van der Waals surface area contributed by atoms with Gasteiger partial charge in [-0.1, -0.05) is 35.9 Å². The summed E-state index contributed by atoms with van der Waals surface area (Å²) in [5.41, 5.74) is 3.16. The van der Waals surface area contributed by atoms with Crippen molar-refractivity contribution in [2.24, 2.45) is 0 Å². The summed E-state index contributed by atoms with van der Waals surface area (Å²) in [6, 6.07) is 7.24. The van der Waals surface area contributed by atoms with E-state index in [0.29, 0.717) is 4.90 Å². The van der Waals surface area contributed by atoms with Crippen LogP contribution in [0.2, 0.25) is 0 Å². The van der Waals surface area contributed by atoms with Gasteiger partial charge in [0, 0.05) is 6.04 Å². The van der Waals surface area contributed by atoms with Gasteiger partial charge in [0.15, 0.2) is 0 Å². The fraction of sp³-hybridized carbons (Fsp3) is 0.444. The van der Waals surface area contributed by atoms with Gasteiger partial charge in [-0.3, -0.25) is 0 Å². The second-order valence-corrected chi connectivity index (χ2v) is 8.26. The SMILES string of the molecule is C=C(C)C1=CCC[C@H]2CC[C@@H]1N2S(=O)(=O)c1ccc(C)cc1. The topological polar surface area (TPSA) is 37.4 Å². The Bertz CT molecular complexity index is 716. The van der Waals surface area contributed by atoms with Crippen molar-refractivity contribution < 1.29 is 8.42 Å². The fourth-order valence-electron chi connectivity index (χ4n) is 3.65. The minimum absolute atomic E-state index is 0.0451. The van der Waals surface area contributed by atoms with Crippen LogP contribution in [0.5, 0.6) is 0 Å². The first-order chi connectivity index (χ1) is 10.4. The number of sulfonamides is 1. The predicted octanol–water partition coefficient (Wildman–Crippen LogP) is 3.81. The molecular weight excluding hydrogens is 294 g/mol. The van der Waals surface area contributed by atoms with Gasteiger partial charge in [0.05, 0.1) is 10.9 Å². The van der Waals surface area contributed by atoms with Gasteiger partial charge in [-0.2, -0.15) is 4.31 Å². The number of nitrogens with zero attached hydrogens (tertiary/aromatic N) is 1. The Balaban J connectivity index is 2.04. The standard InChI is InChI=1S/C18H23NO2S/c1-13(2)17-6-4-5-15-9-12-18(17)19(15)22(20,21)16-10-7-14(3)8-11-16/h6-8,10-11,15,18H,1,4-5,9,12H2,2-3H3/t15-,18-/m0/s1. The van der Waals surface area contributed by atoms with Gasteiger partial charge < -0.3 is 0 Å². The third-order valence-electron chi connectivity index (χ3n) is 4.75. The Hall–Kier alpha value is -1.39. The number of hydrogen-bond acceptors (Lipinski definition) is 2. The van der Waals surface area contributed by atoms with Crippen LogP contribution >= 0.6 is 0 Å². The first-order valence-electron chi connectivity index (χ1n) is 7.87. The minimum atomic E-state index is -3.45. The van der Waals surface area contributed by atoms with Gasteiger partial charge in [0.2, 0.25) is 10.0 Å². The average molecular weight is 317 g/mol. The van der Waals surface area contributed by atoms with E-state index in [2.05, 4.69) is 12.7 Å². The molecule has 22 heavy (non-hydrogen) atoms. The van der Waals surface area contributed by atoms with E-state index in [9.17, 15) is 8.42 Å². The van der Waals surface area contributed by atoms with Crippen molar-refractivity contribution in [1.82, 2.24) is 4.31 Å². The molecule has 2 atom stereocenters. The number of fused-ring (bicyclic) bond motifs is 2. The molecule has 2 aliphatic rings. The molecule has 1 aromatic rings. The molecule has 0 unspecified atom stereocenters. The number of aryl methyl sites for hydroxylation is 1.